The first-order valence-electron chi connectivity index (χ1n) is 20.8. The van der Waals surface area contributed by atoms with E-state index in [0.29, 0.717) is 0 Å². The third-order valence-electron chi connectivity index (χ3n) is 13.2. The molecule has 0 N–H and O–H groups in total. The molecule has 0 aliphatic heterocycles. The van der Waals surface area contributed by atoms with Crippen LogP contribution in [0.5, 0.6) is 0 Å². The lowest BCUT2D eigenvalue weighted by Gasteiger charge is -2.25. The highest BCUT2D eigenvalue weighted by molar-refractivity contribution is 6.26. The average Bonchev–Trinajstić information content (AvgIpc) is 3.53. The van der Waals surface area contributed by atoms with Crippen molar-refractivity contribution in [2.24, 2.45) is 0 Å². The second-order valence-electron chi connectivity index (χ2n) is 16.8. The van der Waals surface area contributed by atoms with E-state index in [4.69, 9.17) is 0 Å². The van der Waals surface area contributed by atoms with Gasteiger partial charge in [-0.2, -0.15) is 0 Å². The Morgan fingerprint density at radius 1 is 0.254 bits per heavy atom. The van der Waals surface area contributed by atoms with E-state index in [9.17, 15) is 0 Å². The minimum absolute atomic E-state index is 0.151. The fourth-order valence-electron chi connectivity index (χ4n) is 10.4. The van der Waals surface area contributed by atoms with Crippen LogP contribution in [-0.4, -0.2) is 0 Å². The molecule has 11 aromatic carbocycles. The summed E-state index contributed by atoms with van der Waals surface area (Å²) in [6, 6.07) is 77.2. The van der Waals surface area contributed by atoms with Crippen molar-refractivity contribution in [3.8, 4) is 55.6 Å². The molecule has 12 rings (SSSR count). The molecule has 0 saturated heterocycles. The Bertz CT molecular complexity index is 3510. The molecule has 276 valence electrons. The van der Waals surface area contributed by atoms with Gasteiger partial charge in [0, 0.05) is 5.41 Å². The van der Waals surface area contributed by atoms with E-state index < -0.39 is 0 Å². The molecule has 1 aliphatic rings. The predicted molar refractivity (Wildman–Crippen MR) is 253 cm³/mol. The second kappa shape index (κ2) is 12.9. The van der Waals surface area contributed by atoms with Crippen molar-refractivity contribution in [1.82, 2.24) is 0 Å². The highest BCUT2D eigenvalue weighted by atomic mass is 14.4. The van der Waals surface area contributed by atoms with E-state index in [-0.39, 0.29) is 5.41 Å². The van der Waals surface area contributed by atoms with Gasteiger partial charge in [-0.05, 0) is 151 Å². The van der Waals surface area contributed by atoms with Crippen molar-refractivity contribution in [3.05, 3.63) is 217 Å². The lowest BCUT2D eigenvalue weighted by molar-refractivity contribution is 0.661. The van der Waals surface area contributed by atoms with Gasteiger partial charge in [0.1, 0.15) is 0 Å². The maximum Gasteiger partial charge on any atom is 0.0159 e. The smallest absolute Gasteiger partial charge is 0.0159 e. The number of fused-ring (bicyclic) bond motifs is 9. The van der Waals surface area contributed by atoms with Crippen molar-refractivity contribution < 1.29 is 0 Å². The van der Waals surface area contributed by atoms with Crippen molar-refractivity contribution in [2.75, 3.05) is 0 Å². The molecule has 0 amide bonds. The minimum Gasteiger partial charge on any atom is -0.0622 e. The third kappa shape index (κ3) is 5.09. The van der Waals surface area contributed by atoms with Gasteiger partial charge in [-0.3, -0.25) is 0 Å². The van der Waals surface area contributed by atoms with Gasteiger partial charge in [-0.15, -0.1) is 0 Å². The molecule has 0 atom stereocenters. The van der Waals surface area contributed by atoms with Gasteiger partial charge >= 0.3 is 0 Å². The summed E-state index contributed by atoms with van der Waals surface area (Å²) in [4.78, 5) is 0. The Morgan fingerprint density at radius 2 is 0.763 bits per heavy atom. The summed E-state index contributed by atoms with van der Waals surface area (Å²) in [5, 5.41) is 12.6. The third-order valence-corrected chi connectivity index (χ3v) is 13.2. The standard InChI is InChI=1S/C59H40/c1-59(2)54-27-15-14-26-49(54)58-45-23-11-10-22-44(45)53(36-55(58)59)57-47-25-13-12-24-46(47)56(52-34-41-21-9-8-20-40(41)33-50(52)38-17-4-3-5-18-38)48-31-30-43(35-51(48)57)42-29-28-37-16-6-7-19-39(37)32-42/h3-36H,1-2H3. The quantitative estimate of drug-likeness (QED) is 0.157. The molecule has 0 unspecified atom stereocenters. The van der Waals surface area contributed by atoms with Gasteiger partial charge in [0.15, 0.2) is 0 Å². The highest BCUT2D eigenvalue weighted by Crippen LogP contribution is 2.55. The van der Waals surface area contributed by atoms with Gasteiger partial charge in [-0.1, -0.05) is 190 Å². The molecule has 0 bridgehead atoms. The Hall–Kier alpha value is -7.28. The van der Waals surface area contributed by atoms with E-state index in [1.165, 1.54) is 121 Å². The number of hydrogen-bond acceptors (Lipinski definition) is 0. The zero-order valence-electron chi connectivity index (χ0n) is 33.1. The van der Waals surface area contributed by atoms with Crippen LogP contribution >= 0.6 is 0 Å². The Balaban J connectivity index is 1.25. The van der Waals surface area contributed by atoms with Crippen molar-refractivity contribution in [2.45, 2.75) is 19.3 Å². The van der Waals surface area contributed by atoms with Crippen LogP contribution in [0.4, 0.5) is 0 Å². The molecule has 0 fully saturated rings. The van der Waals surface area contributed by atoms with E-state index >= 15 is 0 Å². The fourth-order valence-corrected chi connectivity index (χ4v) is 10.4. The first-order chi connectivity index (χ1) is 29.0. The molecule has 1 aliphatic carbocycles. The van der Waals surface area contributed by atoms with Crippen LogP contribution in [0.15, 0.2) is 206 Å². The van der Waals surface area contributed by atoms with Gasteiger partial charge in [-0.25, -0.2) is 0 Å². The van der Waals surface area contributed by atoms with Gasteiger partial charge in [0.25, 0.3) is 0 Å². The molecule has 0 aromatic heterocycles. The van der Waals surface area contributed by atoms with Crippen molar-refractivity contribution in [3.63, 3.8) is 0 Å². The molecule has 0 heterocycles. The molecule has 0 saturated carbocycles. The van der Waals surface area contributed by atoms with Crippen molar-refractivity contribution >= 4 is 53.9 Å². The van der Waals surface area contributed by atoms with Crippen molar-refractivity contribution in [1.29, 1.82) is 0 Å². The molecule has 11 aromatic rings. The summed E-state index contributed by atoms with van der Waals surface area (Å²) >= 11 is 0. The maximum absolute atomic E-state index is 2.55. The molecule has 0 radical (unpaired) electrons. The van der Waals surface area contributed by atoms with Gasteiger partial charge in [0.2, 0.25) is 0 Å². The zero-order chi connectivity index (χ0) is 39.2. The summed E-state index contributed by atoms with van der Waals surface area (Å²) in [7, 11) is 0. The van der Waals surface area contributed by atoms with E-state index in [0.717, 1.165) is 0 Å². The number of benzene rings is 11. The molecule has 0 heteroatoms. The van der Waals surface area contributed by atoms with Crippen LogP contribution < -0.4 is 0 Å². The van der Waals surface area contributed by atoms with Crippen LogP contribution in [0.3, 0.4) is 0 Å². The van der Waals surface area contributed by atoms with Gasteiger partial charge < -0.3 is 0 Å². The molecule has 0 nitrogen and oxygen atoms in total. The molecular formula is C59H40. The molecular weight excluding hydrogens is 709 g/mol. The van der Waals surface area contributed by atoms with E-state index in [2.05, 4.69) is 220 Å². The fraction of sp³-hybridized carbons (Fsp3) is 0.0508. The van der Waals surface area contributed by atoms with Crippen LogP contribution in [0.1, 0.15) is 25.0 Å². The minimum atomic E-state index is -0.151. The van der Waals surface area contributed by atoms with Gasteiger partial charge in [0.05, 0.1) is 0 Å². The zero-order valence-corrected chi connectivity index (χ0v) is 33.1. The van der Waals surface area contributed by atoms with E-state index in [1.54, 1.807) is 0 Å². The number of hydrogen-bond donors (Lipinski definition) is 0. The highest BCUT2D eigenvalue weighted by Gasteiger charge is 2.37. The largest absolute Gasteiger partial charge is 0.0622 e. The first-order valence-corrected chi connectivity index (χ1v) is 20.8. The Kier molecular flexibility index (Phi) is 7.38. The van der Waals surface area contributed by atoms with Crippen LogP contribution in [0, 0.1) is 0 Å². The molecule has 59 heavy (non-hydrogen) atoms. The summed E-state index contributed by atoms with van der Waals surface area (Å²) < 4.78 is 0. The van der Waals surface area contributed by atoms with Crippen LogP contribution in [0.2, 0.25) is 0 Å². The summed E-state index contributed by atoms with van der Waals surface area (Å²) in [6.45, 7) is 4.80. The Labute approximate surface area is 344 Å². The monoisotopic (exact) mass is 748 g/mol. The second-order valence-corrected chi connectivity index (χ2v) is 16.8. The summed E-state index contributed by atoms with van der Waals surface area (Å²) in [5.74, 6) is 0. The van der Waals surface area contributed by atoms with Crippen LogP contribution in [-0.2, 0) is 5.41 Å². The first kappa shape index (κ1) is 33.8. The lowest BCUT2D eigenvalue weighted by Crippen LogP contribution is -2.15. The normalized spacial score (nSPS) is 13.1. The van der Waals surface area contributed by atoms with E-state index in [1.807, 2.05) is 0 Å². The Morgan fingerprint density at radius 3 is 1.49 bits per heavy atom. The van der Waals surface area contributed by atoms with Crippen LogP contribution in [0.25, 0.3) is 109 Å². The number of rotatable bonds is 4. The average molecular weight is 749 g/mol. The molecule has 0 spiro atoms. The predicted octanol–water partition coefficient (Wildman–Crippen LogP) is 16.4. The topological polar surface area (TPSA) is 0 Å². The SMILES string of the molecule is CC1(C)c2ccccc2-c2c1cc(-c1c3ccccc3c(-c3cc4ccccc4cc3-c3ccccc3)c3ccc(-c4ccc5ccccc5c4)cc13)c1ccccc21. The summed E-state index contributed by atoms with van der Waals surface area (Å²) in [6.07, 6.45) is 0. The lowest BCUT2D eigenvalue weighted by atomic mass is 9.78. The summed E-state index contributed by atoms with van der Waals surface area (Å²) in [5.41, 5.74) is 15.3. The maximum atomic E-state index is 2.55.